The Balaban J connectivity index is 1.79. The van der Waals surface area contributed by atoms with Crippen molar-refractivity contribution >= 4 is 46.2 Å². The molecule has 1 saturated heterocycles. The van der Waals surface area contributed by atoms with Gasteiger partial charge in [0.05, 0.1) is 16.7 Å². The standard InChI is InChI=1S/C20H19ClN2O2S/c1-13(2)25-17-10-4-14(5-11-17)12-18-19(24)23(3)20(26-18)22-16-8-6-15(21)7-9-16/h4-13H,1-3H3/b18-12+,22-20?. The molecule has 2 aromatic carbocycles. The molecule has 6 heteroatoms. The Morgan fingerprint density at radius 3 is 2.38 bits per heavy atom. The maximum absolute atomic E-state index is 12.5. The van der Waals surface area contributed by atoms with E-state index in [1.807, 2.05) is 56.3 Å². The summed E-state index contributed by atoms with van der Waals surface area (Å²) in [5.41, 5.74) is 1.70. The van der Waals surface area contributed by atoms with Crippen molar-refractivity contribution < 1.29 is 9.53 Å². The van der Waals surface area contributed by atoms with Crippen molar-refractivity contribution in [2.75, 3.05) is 7.05 Å². The van der Waals surface area contributed by atoms with Crippen LogP contribution in [0.25, 0.3) is 6.08 Å². The number of carbonyl (C=O) groups excluding carboxylic acids is 1. The van der Waals surface area contributed by atoms with E-state index in [1.54, 1.807) is 24.1 Å². The zero-order chi connectivity index (χ0) is 18.7. The Morgan fingerprint density at radius 2 is 1.77 bits per heavy atom. The number of amides is 1. The van der Waals surface area contributed by atoms with E-state index in [2.05, 4.69) is 4.99 Å². The van der Waals surface area contributed by atoms with Crippen LogP contribution in [0.1, 0.15) is 19.4 Å². The van der Waals surface area contributed by atoms with Gasteiger partial charge in [-0.15, -0.1) is 0 Å². The summed E-state index contributed by atoms with van der Waals surface area (Å²) in [4.78, 5) is 19.2. The molecule has 2 aromatic rings. The fourth-order valence-corrected chi connectivity index (χ4v) is 3.46. The minimum absolute atomic E-state index is 0.0646. The second-order valence-electron chi connectivity index (χ2n) is 6.08. The van der Waals surface area contributed by atoms with Crippen molar-refractivity contribution in [3.05, 3.63) is 64.0 Å². The summed E-state index contributed by atoms with van der Waals surface area (Å²) < 4.78 is 5.64. The lowest BCUT2D eigenvalue weighted by Crippen LogP contribution is -2.23. The molecule has 0 bridgehead atoms. The van der Waals surface area contributed by atoms with Crippen molar-refractivity contribution in [3.63, 3.8) is 0 Å². The Kier molecular flexibility index (Phi) is 5.69. The normalized spacial score (nSPS) is 17.6. The second kappa shape index (κ2) is 7.98. The van der Waals surface area contributed by atoms with E-state index >= 15 is 0 Å². The highest BCUT2D eigenvalue weighted by atomic mass is 35.5. The van der Waals surface area contributed by atoms with Gasteiger partial charge in [-0.2, -0.15) is 0 Å². The third kappa shape index (κ3) is 4.48. The van der Waals surface area contributed by atoms with Crippen molar-refractivity contribution in [1.29, 1.82) is 0 Å². The number of benzene rings is 2. The molecule has 1 aliphatic heterocycles. The summed E-state index contributed by atoms with van der Waals surface area (Å²) in [6.45, 7) is 3.97. The van der Waals surface area contributed by atoms with E-state index in [1.165, 1.54) is 11.8 Å². The maximum atomic E-state index is 12.5. The van der Waals surface area contributed by atoms with Crippen LogP contribution in [-0.2, 0) is 4.79 Å². The zero-order valence-corrected chi connectivity index (χ0v) is 16.3. The number of hydrogen-bond donors (Lipinski definition) is 0. The average Bonchev–Trinajstić information content (AvgIpc) is 2.86. The third-order valence-corrected chi connectivity index (χ3v) is 4.92. The van der Waals surface area contributed by atoms with Crippen LogP contribution in [0, 0.1) is 0 Å². The summed E-state index contributed by atoms with van der Waals surface area (Å²) in [6, 6.07) is 14.9. The number of ether oxygens (including phenoxy) is 1. The fraction of sp³-hybridized carbons (Fsp3) is 0.200. The predicted molar refractivity (Wildman–Crippen MR) is 109 cm³/mol. The first-order valence-electron chi connectivity index (χ1n) is 8.21. The number of carbonyl (C=O) groups is 1. The van der Waals surface area contributed by atoms with Gasteiger partial charge in [-0.05, 0) is 73.6 Å². The van der Waals surface area contributed by atoms with Crippen LogP contribution in [0.3, 0.4) is 0 Å². The highest BCUT2D eigenvalue weighted by Crippen LogP contribution is 2.33. The van der Waals surface area contributed by atoms with E-state index in [0.717, 1.165) is 17.0 Å². The number of nitrogens with zero attached hydrogens (tertiary/aromatic N) is 2. The first kappa shape index (κ1) is 18.5. The molecule has 26 heavy (non-hydrogen) atoms. The average molecular weight is 387 g/mol. The van der Waals surface area contributed by atoms with E-state index in [-0.39, 0.29) is 12.0 Å². The van der Waals surface area contributed by atoms with Gasteiger partial charge < -0.3 is 4.74 Å². The summed E-state index contributed by atoms with van der Waals surface area (Å²) in [5, 5.41) is 1.30. The minimum atomic E-state index is -0.0646. The van der Waals surface area contributed by atoms with Crippen molar-refractivity contribution in [3.8, 4) is 5.75 Å². The van der Waals surface area contributed by atoms with Crippen molar-refractivity contribution in [2.45, 2.75) is 20.0 Å². The molecule has 4 nitrogen and oxygen atoms in total. The van der Waals surface area contributed by atoms with Crippen LogP contribution in [0.4, 0.5) is 5.69 Å². The number of likely N-dealkylation sites (N-methyl/N-ethyl adjacent to an activating group) is 1. The lowest BCUT2D eigenvalue weighted by molar-refractivity contribution is -0.121. The first-order valence-corrected chi connectivity index (χ1v) is 9.40. The van der Waals surface area contributed by atoms with Crippen LogP contribution < -0.4 is 4.74 Å². The van der Waals surface area contributed by atoms with Gasteiger partial charge in [-0.25, -0.2) is 4.99 Å². The van der Waals surface area contributed by atoms with Crippen molar-refractivity contribution in [2.24, 2.45) is 4.99 Å². The summed E-state index contributed by atoms with van der Waals surface area (Å²) in [6.07, 6.45) is 2.00. The van der Waals surface area contributed by atoms with Gasteiger partial charge in [0.1, 0.15) is 5.75 Å². The second-order valence-corrected chi connectivity index (χ2v) is 7.53. The highest BCUT2D eigenvalue weighted by Gasteiger charge is 2.30. The first-order chi connectivity index (χ1) is 12.4. The molecular weight excluding hydrogens is 368 g/mol. The van der Waals surface area contributed by atoms with Gasteiger partial charge in [0.25, 0.3) is 5.91 Å². The quantitative estimate of drug-likeness (QED) is 0.664. The van der Waals surface area contributed by atoms with E-state index in [4.69, 9.17) is 16.3 Å². The van der Waals surface area contributed by atoms with Gasteiger partial charge in [0.2, 0.25) is 0 Å². The number of thioether (sulfide) groups is 1. The lowest BCUT2D eigenvalue weighted by atomic mass is 10.2. The number of hydrogen-bond acceptors (Lipinski definition) is 4. The number of halogens is 1. The summed E-state index contributed by atoms with van der Waals surface area (Å²) in [7, 11) is 1.73. The van der Waals surface area contributed by atoms with Gasteiger partial charge in [-0.3, -0.25) is 9.69 Å². The van der Waals surface area contributed by atoms with Crippen LogP contribution in [0.2, 0.25) is 5.02 Å². The number of aliphatic imine (C=N–C) groups is 1. The fourth-order valence-electron chi connectivity index (χ4n) is 2.34. The molecule has 0 saturated carbocycles. The van der Waals surface area contributed by atoms with Crippen LogP contribution in [-0.4, -0.2) is 29.1 Å². The Bertz CT molecular complexity index is 858. The lowest BCUT2D eigenvalue weighted by Gasteiger charge is -2.09. The Morgan fingerprint density at radius 1 is 1.12 bits per heavy atom. The summed E-state index contributed by atoms with van der Waals surface area (Å²) in [5.74, 6) is 0.750. The molecule has 0 radical (unpaired) electrons. The van der Waals surface area contributed by atoms with E-state index in [0.29, 0.717) is 15.1 Å². The van der Waals surface area contributed by atoms with Crippen LogP contribution in [0.15, 0.2) is 58.4 Å². The Labute approximate surface area is 162 Å². The molecule has 1 aliphatic rings. The predicted octanol–water partition coefficient (Wildman–Crippen LogP) is 5.36. The molecular formula is C20H19ClN2O2S. The molecule has 0 unspecified atom stereocenters. The smallest absolute Gasteiger partial charge is 0.266 e. The van der Waals surface area contributed by atoms with Gasteiger partial charge in [0.15, 0.2) is 5.17 Å². The molecule has 0 atom stereocenters. The molecule has 0 aromatic heterocycles. The maximum Gasteiger partial charge on any atom is 0.266 e. The van der Waals surface area contributed by atoms with Gasteiger partial charge in [0, 0.05) is 12.1 Å². The molecule has 1 heterocycles. The van der Waals surface area contributed by atoms with Crippen LogP contribution >= 0.6 is 23.4 Å². The molecule has 0 spiro atoms. The third-order valence-electron chi connectivity index (χ3n) is 3.60. The number of rotatable bonds is 4. The van der Waals surface area contributed by atoms with Gasteiger partial charge in [-0.1, -0.05) is 23.7 Å². The molecule has 1 fully saturated rings. The summed E-state index contributed by atoms with van der Waals surface area (Å²) >= 11 is 7.25. The van der Waals surface area contributed by atoms with Crippen molar-refractivity contribution in [1.82, 2.24) is 4.90 Å². The van der Waals surface area contributed by atoms with E-state index < -0.39 is 0 Å². The molecule has 134 valence electrons. The number of amidine groups is 1. The largest absolute Gasteiger partial charge is 0.491 e. The van der Waals surface area contributed by atoms with E-state index in [9.17, 15) is 4.79 Å². The van der Waals surface area contributed by atoms with Crippen LogP contribution in [0.5, 0.6) is 5.75 Å². The molecule has 1 amide bonds. The van der Waals surface area contributed by atoms with Gasteiger partial charge >= 0.3 is 0 Å². The zero-order valence-electron chi connectivity index (χ0n) is 14.8. The SMILES string of the molecule is CC(C)Oc1ccc(/C=C2/SC(=Nc3ccc(Cl)cc3)N(C)C2=O)cc1. The monoisotopic (exact) mass is 386 g/mol. The molecule has 3 rings (SSSR count). The molecule has 0 aliphatic carbocycles. The topological polar surface area (TPSA) is 41.9 Å². The minimum Gasteiger partial charge on any atom is -0.491 e. The Hall–Kier alpha value is -2.24. The highest BCUT2D eigenvalue weighted by molar-refractivity contribution is 8.18. The molecule has 0 N–H and O–H groups in total.